The highest BCUT2D eigenvalue weighted by atomic mass is 35.5. The van der Waals surface area contributed by atoms with Crippen molar-refractivity contribution in [2.45, 2.75) is 19.1 Å². The zero-order chi connectivity index (χ0) is 16.0. The van der Waals surface area contributed by atoms with Crippen molar-refractivity contribution in [1.29, 1.82) is 0 Å². The first-order valence-electron chi connectivity index (χ1n) is 7.01. The Bertz CT molecular complexity index is 612. The number of carbonyl (C=O) groups is 1. The summed E-state index contributed by atoms with van der Waals surface area (Å²) in [4.78, 5) is 11.8. The molecular weight excluding hydrogens is 300 g/mol. The van der Waals surface area contributed by atoms with E-state index in [2.05, 4.69) is 10.6 Å². The lowest BCUT2D eigenvalue weighted by atomic mass is 9.96. The topological polar surface area (TPSA) is 61.4 Å². The van der Waals surface area contributed by atoms with Crippen LogP contribution in [0.2, 0.25) is 5.02 Å². The third kappa shape index (κ3) is 4.76. The number of hydrogen-bond donors (Lipinski definition) is 3. The number of carbonyl (C=O) groups excluding carboxylic acids is 1. The Morgan fingerprint density at radius 2 is 1.73 bits per heavy atom. The summed E-state index contributed by atoms with van der Waals surface area (Å²) >= 11 is 5.81. The van der Waals surface area contributed by atoms with Gasteiger partial charge in [0.2, 0.25) is 0 Å². The summed E-state index contributed by atoms with van der Waals surface area (Å²) < 4.78 is 0. The first-order chi connectivity index (χ1) is 10.5. The van der Waals surface area contributed by atoms with Crippen LogP contribution < -0.4 is 10.6 Å². The van der Waals surface area contributed by atoms with Crippen LogP contribution in [0.25, 0.3) is 0 Å². The van der Waals surface area contributed by atoms with E-state index in [1.807, 2.05) is 42.5 Å². The van der Waals surface area contributed by atoms with Crippen LogP contribution >= 0.6 is 11.6 Å². The van der Waals surface area contributed by atoms with Crippen LogP contribution in [0.1, 0.15) is 18.1 Å². The van der Waals surface area contributed by atoms with Crippen LogP contribution in [-0.2, 0) is 12.1 Å². The molecule has 3 N–H and O–H groups in total. The zero-order valence-corrected chi connectivity index (χ0v) is 13.1. The first-order valence-corrected chi connectivity index (χ1v) is 7.39. The van der Waals surface area contributed by atoms with E-state index in [1.165, 1.54) is 0 Å². The highest BCUT2D eigenvalue weighted by Gasteiger charge is 2.23. The molecule has 0 heterocycles. The van der Waals surface area contributed by atoms with E-state index in [-0.39, 0.29) is 12.6 Å². The van der Waals surface area contributed by atoms with Gasteiger partial charge in [-0.2, -0.15) is 0 Å². The smallest absolute Gasteiger partial charge is 0.315 e. The number of urea groups is 1. The molecule has 4 nitrogen and oxygen atoms in total. The van der Waals surface area contributed by atoms with Gasteiger partial charge in [-0.3, -0.25) is 0 Å². The van der Waals surface area contributed by atoms with Gasteiger partial charge in [0, 0.05) is 11.6 Å². The van der Waals surface area contributed by atoms with Crippen molar-refractivity contribution in [2.24, 2.45) is 0 Å². The van der Waals surface area contributed by atoms with Crippen LogP contribution in [0.3, 0.4) is 0 Å². The molecule has 0 fully saturated rings. The molecule has 0 aliphatic carbocycles. The molecule has 0 saturated carbocycles. The van der Waals surface area contributed by atoms with E-state index in [9.17, 15) is 9.90 Å². The Kier molecular flexibility index (Phi) is 5.41. The lowest BCUT2D eigenvalue weighted by Crippen LogP contribution is -2.43. The molecule has 0 aromatic heterocycles. The van der Waals surface area contributed by atoms with Gasteiger partial charge in [0.15, 0.2) is 0 Å². The van der Waals surface area contributed by atoms with Gasteiger partial charge < -0.3 is 15.7 Å². The van der Waals surface area contributed by atoms with Crippen molar-refractivity contribution in [3.63, 3.8) is 0 Å². The summed E-state index contributed by atoms with van der Waals surface area (Å²) in [6, 6.07) is 16.2. The Labute approximate surface area is 135 Å². The minimum Gasteiger partial charge on any atom is -0.384 e. The predicted molar refractivity (Wildman–Crippen MR) is 87.7 cm³/mol. The molecule has 2 rings (SSSR count). The molecule has 0 spiro atoms. The van der Waals surface area contributed by atoms with E-state index >= 15 is 0 Å². The molecule has 1 unspecified atom stereocenters. The van der Waals surface area contributed by atoms with Crippen molar-refractivity contribution in [2.75, 3.05) is 6.54 Å². The van der Waals surface area contributed by atoms with Crippen LogP contribution in [0.4, 0.5) is 4.79 Å². The minimum absolute atomic E-state index is 0.128. The molecule has 2 amide bonds. The molecule has 116 valence electrons. The summed E-state index contributed by atoms with van der Waals surface area (Å²) in [5, 5.41) is 16.5. The summed E-state index contributed by atoms with van der Waals surface area (Å²) in [5.74, 6) is 0. The second kappa shape index (κ2) is 7.29. The number of rotatable bonds is 5. The molecule has 22 heavy (non-hydrogen) atoms. The monoisotopic (exact) mass is 318 g/mol. The second-order valence-electron chi connectivity index (χ2n) is 5.30. The lowest BCUT2D eigenvalue weighted by molar-refractivity contribution is 0.0594. The van der Waals surface area contributed by atoms with E-state index in [4.69, 9.17) is 11.6 Å². The largest absolute Gasteiger partial charge is 0.384 e. The molecule has 0 aliphatic rings. The van der Waals surface area contributed by atoms with Crippen molar-refractivity contribution >= 4 is 17.6 Å². The standard InChI is InChI=1S/C17H19ClN2O2/c1-17(22,14-5-3-2-4-6-14)12-20-16(21)19-11-13-7-9-15(18)10-8-13/h2-10,22H,11-12H2,1H3,(H2,19,20,21). The van der Waals surface area contributed by atoms with Gasteiger partial charge in [-0.1, -0.05) is 54.1 Å². The molecule has 0 bridgehead atoms. The number of nitrogens with one attached hydrogen (secondary N) is 2. The van der Waals surface area contributed by atoms with Gasteiger partial charge in [-0.25, -0.2) is 4.79 Å². The Hall–Kier alpha value is -2.04. The fourth-order valence-corrected chi connectivity index (χ4v) is 2.12. The van der Waals surface area contributed by atoms with Gasteiger partial charge in [-0.15, -0.1) is 0 Å². The highest BCUT2D eigenvalue weighted by Crippen LogP contribution is 2.18. The number of aliphatic hydroxyl groups is 1. The predicted octanol–water partition coefficient (Wildman–Crippen LogP) is 3.05. The summed E-state index contributed by atoms with van der Waals surface area (Å²) in [6.07, 6.45) is 0. The van der Waals surface area contributed by atoms with Crippen molar-refractivity contribution in [3.05, 3.63) is 70.7 Å². The average Bonchev–Trinajstić information content (AvgIpc) is 2.53. The van der Waals surface area contributed by atoms with Crippen LogP contribution in [0.5, 0.6) is 0 Å². The van der Waals surface area contributed by atoms with E-state index in [0.717, 1.165) is 11.1 Å². The lowest BCUT2D eigenvalue weighted by Gasteiger charge is -2.24. The van der Waals surface area contributed by atoms with Crippen molar-refractivity contribution < 1.29 is 9.90 Å². The Balaban J connectivity index is 1.81. The normalized spacial score (nSPS) is 13.2. The third-order valence-corrected chi connectivity index (χ3v) is 3.61. The maximum Gasteiger partial charge on any atom is 0.315 e. The highest BCUT2D eigenvalue weighted by molar-refractivity contribution is 6.30. The Morgan fingerprint density at radius 3 is 2.36 bits per heavy atom. The SMILES string of the molecule is CC(O)(CNC(=O)NCc1ccc(Cl)cc1)c1ccccc1. The van der Waals surface area contributed by atoms with Gasteiger partial charge in [0.05, 0.1) is 6.54 Å². The second-order valence-corrected chi connectivity index (χ2v) is 5.74. The quantitative estimate of drug-likeness (QED) is 0.793. The maximum atomic E-state index is 11.8. The molecule has 2 aromatic carbocycles. The van der Waals surface area contributed by atoms with E-state index in [0.29, 0.717) is 11.6 Å². The molecule has 0 radical (unpaired) electrons. The molecule has 0 saturated heterocycles. The zero-order valence-electron chi connectivity index (χ0n) is 12.3. The number of halogens is 1. The average molecular weight is 319 g/mol. The fourth-order valence-electron chi connectivity index (χ4n) is 2.00. The number of amides is 2. The molecular formula is C17H19ClN2O2. The van der Waals surface area contributed by atoms with Gasteiger partial charge in [0.1, 0.15) is 5.60 Å². The van der Waals surface area contributed by atoms with Gasteiger partial charge in [-0.05, 0) is 30.2 Å². The number of benzene rings is 2. The van der Waals surface area contributed by atoms with E-state index in [1.54, 1.807) is 19.1 Å². The summed E-state index contributed by atoms with van der Waals surface area (Å²) in [6.45, 7) is 2.20. The molecule has 5 heteroatoms. The van der Waals surface area contributed by atoms with E-state index < -0.39 is 5.60 Å². The van der Waals surface area contributed by atoms with Crippen LogP contribution in [-0.4, -0.2) is 17.7 Å². The van der Waals surface area contributed by atoms with Gasteiger partial charge in [0.25, 0.3) is 0 Å². The molecule has 2 aromatic rings. The maximum absolute atomic E-state index is 11.8. The van der Waals surface area contributed by atoms with Crippen molar-refractivity contribution in [3.8, 4) is 0 Å². The Morgan fingerprint density at radius 1 is 1.09 bits per heavy atom. The fraction of sp³-hybridized carbons (Fsp3) is 0.235. The molecule has 1 atom stereocenters. The van der Waals surface area contributed by atoms with Crippen LogP contribution in [0, 0.1) is 0 Å². The summed E-state index contributed by atoms with van der Waals surface area (Å²) in [7, 11) is 0. The van der Waals surface area contributed by atoms with Crippen molar-refractivity contribution in [1.82, 2.24) is 10.6 Å². The molecule has 0 aliphatic heterocycles. The summed E-state index contributed by atoms with van der Waals surface area (Å²) in [5.41, 5.74) is 0.598. The third-order valence-electron chi connectivity index (χ3n) is 3.36. The minimum atomic E-state index is -1.11. The first kappa shape index (κ1) is 16.3. The van der Waals surface area contributed by atoms with Gasteiger partial charge >= 0.3 is 6.03 Å². The van der Waals surface area contributed by atoms with Crippen LogP contribution in [0.15, 0.2) is 54.6 Å². The number of hydrogen-bond acceptors (Lipinski definition) is 2.